The lowest BCUT2D eigenvalue weighted by Crippen LogP contribution is -2.19. The Labute approximate surface area is 200 Å². The number of methoxy groups -OCH3 is 2. The van der Waals surface area contributed by atoms with Crippen molar-refractivity contribution in [3.05, 3.63) is 39.1 Å². The van der Waals surface area contributed by atoms with E-state index in [1.54, 1.807) is 19.1 Å². The largest absolute Gasteiger partial charge is 0.493 e. The maximum atomic E-state index is 11.8. The molecule has 0 aliphatic carbocycles. The highest BCUT2D eigenvalue weighted by molar-refractivity contribution is 6.33. The second kappa shape index (κ2) is 15.8. The molecule has 184 valence electrons. The lowest BCUT2D eigenvalue weighted by atomic mass is 10.2. The molecule has 0 atom stereocenters. The molecule has 1 heterocycles. The molecule has 1 aromatic carbocycles. The highest BCUT2D eigenvalue weighted by Crippen LogP contribution is 2.30. The summed E-state index contributed by atoms with van der Waals surface area (Å²) in [6.07, 6.45) is 3.92. The van der Waals surface area contributed by atoms with E-state index in [1.807, 2.05) is 32.0 Å². The summed E-state index contributed by atoms with van der Waals surface area (Å²) in [5, 5.41) is 9.45. The molecule has 0 unspecified atom stereocenters. The number of aromatic amines is 1. The van der Waals surface area contributed by atoms with Gasteiger partial charge in [0.1, 0.15) is 10.7 Å². The van der Waals surface area contributed by atoms with Crippen molar-refractivity contribution in [2.75, 3.05) is 39.2 Å². The van der Waals surface area contributed by atoms with E-state index in [4.69, 9.17) is 25.8 Å². The second-order valence-electron chi connectivity index (χ2n) is 6.97. The zero-order valence-electron chi connectivity index (χ0n) is 20.1. The number of H-pyrrole nitrogens is 1. The zero-order valence-corrected chi connectivity index (χ0v) is 20.8. The van der Waals surface area contributed by atoms with Crippen molar-refractivity contribution in [1.82, 2.24) is 15.1 Å². The number of hydrogen-bond acceptors (Lipinski definition) is 7. The smallest absolute Gasteiger partial charge is 0.285 e. The van der Waals surface area contributed by atoms with Gasteiger partial charge in [0, 0.05) is 19.6 Å². The van der Waals surface area contributed by atoms with Gasteiger partial charge >= 0.3 is 0 Å². The molecule has 1 amide bonds. The molecule has 0 saturated carbocycles. The number of hydrogen-bond donors (Lipinski definition) is 2. The number of benzene rings is 1. The standard InChI is InChI=1S/C18H24ClN3O4.C5H11NO/c1-4-5-6-9-26-18-16(15(19)17(23)21-22-18)20-11-12-7-8-13(24-2)14(10-12)25-3;1-3-6(4-2)5-7/h7-8,10H,4-6,9,11H2,1-3H3,(H2,20,21,23);5H,3-4H2,1-2H3. The summed E-state index contributed by atoms with van der Waals surface area (Å²) in [4.78, 5) is 23.4. The van der Waals surface area contributed by atoms with E-state index in [-0.39, 0.29) is 10.9 Å². The Morgan fingerprint density at radius 1 is 1.12 bits per heavy atom. The molecule has 0 radical (unpaired) electrons. The lowest BCUT2D eigenvalue weighted by molar-refractivity contribution is -0.117. The Morgan fingerprint density at radius 2 is 1.82 bits per heavy atom. The number of carbonyl (C=O) groups is 1. The van der Waals surface area contributed by atoms with Gasteiger partial charge in [-0.25, -0.2) is 5.10 Å². The van der Waals surface area contributed by atoms with E-state index < -0.39 is 5.56 Å². The van der Waals surface area contributed by atoms with E-state index in [2.05, 4.69) is 22.4 Å². The van der Waals surface area contributed by atoms with Crippen molar-refractivity contribution >= 4 is 23.7 Å². The monoisotopic (exact) mass is 482 g/mol. The number of rotatable bonds is 13. The van der Waals surface area contributed by atoms with Crippen LogP contribution in [0.4, 0.5) is 5.69 Å². The first-order chi connectivity index (χ1) is 15.9. The molecule has 0 fully saturated rings. The Kier molecular flexibility index (Phi) is 13.4. The number of carbonyl (C=O) groups excluding carboxylic acids is 1. The van der Waals surface area contributed by atoms with Gasteiger partial charge in [0.25, 0.3) is 11.4 Å². The molecule has 1 aromatic heterocycles. The minimum absolute atomic E-state index is 0.0194. The number of anilines is 1. The third kappa shape index (κ3) is 9.21. The molecule has 9 nitrogen and oxygen atoms in total. The van der Waals surface area contributed by atoms with Gasteiger partial charge in [0.2, 0.25) is 6.41 Å². The Bertz CT molecular complexity index is 903. The third-order valence-electron chi connectivity index (χ3n) is 4.76. The minimum Gasteiger partial charge on any atom is -0.493 e. The Hall–Kier alpha value is -2.94. The van der Waals surface area contributed by atoms with Gasteiger partial charge in [-0.3, -0.25) is 9.59 Å². The fraction of sp³-hybridized carbons (Fsp3) is 0.522. The number of aromatic nitrogens is 2. The maximum Gasteiger partial charge on any atom is 0.285 e. The van der Waals surface area contributed by atoms with E-state index in [1.165, 1.54) is 0 Å². The first-order valence-corrected chi connectivity index (χ1v) is 11.4. The topological polar surface area (TPSA) is 106 Å². The van der Waals surface area contributed by atoms with Crippen LogP contribution in [-0.4, -0.2) is 55.4 Å². The van der Waals surface area contributed by atoms with Gasteiger partial charge < -0.3 is 24.4 Å². The molecule has 2 N–H and O–H groups in total. The average Bonchev–Trinajstić information content (AvgIpc) is 2.84. The number of unbranched alkanes of at least 4 members (excludes halogenated alkanes) is 2. The van der Waals surface area contributed by atoms with Crippen molar-refractivity contribution in [2.24, 2.45) is 0 Å². The van der Waals surface area contributed by atoms with Crippen molar-refractivity contribution < 1.29 is 19.0 Å². The van der Waals surface area contributed by atoms with Crippen molar-refractivity contribution in [3.63, 3.8) is 0 Å². The molecule has 2 aromatic rings. The Balaban J connectivity index is 0.000000675. The van der Waals surface area contributed by atoms with Crippen LogP contribution < -0.4 is 25.1 Å². The molecule has 0 saturated heterocycles. The molecule has 2 rings (SSSR count). The highest BCUT2D eigenvalue weighted by Gasteiger charge is 2.14. The predicted molar refractivity (Wildman–Crippen MR) is 131 cm³/mol. The summed E-state index contributed by atoms with van der Waals surface area (Å²) in [7, 11) is 3.16. The van der Waals surface area contributed by atoms with Crippen molar-refractivity contribution in [1.29, 1.82) is 0 Å². The van der Waals surface area contributed by atoms with Crippen LogP contribution >= 0.6 is 11.6 Å². The number of amides is 1. The molecule has 0 spiro atoms. The lowest BCUT2D eigenvalue weighted by Gasteiger charge is -2.14. The predicted octanol–water partition coefficient (Wildman–Crippen LogP) is 4.11. The summed E-state index contributed by atoms with van der Waals surface area (Å²) >= 11 is 6.14. The van der Waals surface area contributed by atoms with Crippen LogP contribution in [0.15, 0.2) is 23.0 Å². The second-order valence-corrected chi connectivity index (χ2v) is 7.35. The third-order valence-corrected chi connectivity index (χ3v) is 5.12. The van der Waals surface area contributed by atoms with Crippen LogP contribution in [0.2, 0.25) is 5.02 Å². The number of halogens is 1. The Morgan fingerprint density at radius 3 is 2.36 bits per heavy atom. The van der Waals surface area contributed by atoms with Crippen LogP contribution in [0.3, 0.4) is 0 Å². The summed E-state index contributed by atoms with van der Waals surface area (Å²) in [6.45, 7) is 8.59. The summed E-state index contributed by atoms with van der Waals surface area (Å²) in [5.41, 5.74) is 0.833. The van der Waals surface area contributed by atoms with Crippen LogP contribution in [0.25, 0.3) is 0 Å². The van der Waals surface area contributed by atoms with Gasteiger partial charge in [0.05, 0.1) is 20.8 Å². The van der Waals surface area contributed by atoms with Crippen LogP contribution in [0, 0.1) is 0 Å². The SMILES string of the molecule is CCCCCOc1n[nH]c(=O)c(Cl)c1NCc1ccc(OC)c(OC)c1.CCN(C=O)CC. The fourth-order valence-electron chi connectivity index (χ4n) is 2.75. The number of ether oxygens (including phenoxy) is 3. The fourth-order valence-corrected chi connectivity index (χ4v) is 2.94. The van der Waals surface area contributed by atoms with Crippen LogP contribution in [0.5, 0.6) is 17.4 Å². The molecular weight excluding hydrogens is 448 g/mol. The van der Waals surface area contributed by atoms with E-state index in [0.717, 1.165) is 44.3 Å². The van der Waals surface area contributed by atoms with Crippen LogP contribution in [0.1, 0.15) is 45.6 Å². The van der Waals surface area contributed by atoms with Crippen molar-refractivity contribution in [3.8, 4) is 17.4 Å². The minimum atomic E-state index is -0.470. The van der Waals surface area contributed by atoms with E-state index >= 15 is 0 Å². The molecule has 33 heavy (non-hydrogen) atoms. The van der Waals surface area contributed by atoms with Crippen LogP contribution in [-0.2, 0) is 11.3 Å². The molecular formula is C23H35ClN4O5. The molecule has 10 heteroatoms. The summed E-state index contributed by atoms with van der Waals surface area (Å²) in [5.74, 6) is 1.55. The molecule has 0 bridgehead atoms. The van der Waals surface area contributed by atoms with Gasteiger partial charge in [0.15, 0.2) is 11.5 Å². The zero-order chi connectivity index (χ0) is 24.6. The highest BCUT2D eigenvalue weighted by atomic mass is 35.5. The van der Waals surface area contributed by atoms with Gasteiger partial charge in [-0.05, 0) is 38.0 Å². The van der Waals surface area contributed by atoms with Gasteiger partial charge in [-0.15, -0.1) is 5.10 Å². The van der Waals surface area contributed by atoms with E-state index in [9.17, 15) is 9.59 Å². The molecule has 0 aliphatic heterocycles. The first kappa shape index (κ1) is 28.1. The quantitative estimate of drug-likeness (QED) is 0.327. The first-order valence-electron chi connectivity index (χ1n) is 11.0. The number of nitrogens with zero attached hydrogens (tertiary/aromatic N) is 2. The maximum absolute atomic E-state index is 11.8. The average molecular weight is 483 g/mol. The van der Waals surface area contributed by atoms with Gasteiger partial charge in [-0.1, -0.05) is 37.4 Å². The number of nitrogens with one attached hydrogen (secondary N) is 2. The summed E-state index contributed by atoms with van der Waals surface area (Å²) in [6, 6.07) is 5.56. The van der Waals surface area contributed by atoms with Crippen molar-refractivity contribution in [2.45, 2.75) is 46.6 Å². The molecule has 0 aliphatic rings. The normalized spacial score (nSPS) is 10.0. The summed E-state index contributed by atoms with van der Waals surface area (Å²) < 4.78 is 16.2. The van der Waals surface area contributed by atoms with E-state index in [0.29, 0.717) is 30.3 Å². The van der Waals surface area contributed by atoms with Gasteiger partial charge in [-0.2, -0.15) is 0 Å².